The van der Waals surface area contributed by atoms with Gasteiger partial charge < -0.3 is 24.8 Å². The van der Waals surface area contributed by atoms with E-state index < -0.39 is 23.7 Å². The molecule has 2 atom stereocenters. The number of aliphatic carboxylic acids is 1. The predicted octanol–water partition coefficient (Wildman–Crippen LogP) is 3.79. The van der Waals surface area contributed by atoms with E-state index in [4.69, 9.17) is 9.47 Å². The molecule has 0 bridgehead atoms. The molecular weight excluding hydrogens is 448 g/mol. The number of carboxylic acid groups (broad SMARTS) is 1. The van der Waals surface area contributed by atoms with Gasteiger partial charge in [0.05, 0.1) is 6.54 Å². The van der Waals surface area contributed by atoms with E-state index >= 15 is 0 Å². The first-order valence-electron chi connectivity index (χ1n) is 12.1. The Morgan fingerprint density at radius 3 is 2.31 bits per heavy atom. The molecule has 2 aliphatic rings. The van der Waals surface area contributed by atoms with Crippen molar-refractivity contribution in [1.82, 2.24) is 10.2 Å². The Morgan fingerprint density at radius 2 is 1.74 bits per heavy atom. The molecule has 186 valence electrons. The molecule has 4 rings (SSSR count). The molecule has 1 aliphatic heterocycles. The Morgan fingerprint density at radius 1 is 1.11 bits per heavy atom. The fourth-order valence-corrected chi connectivity index (χ4v) is 5.11. The monoisotopic (exact) mass is 480 g/mol. The summed E-state index contributed by atoms with van der Waals surface area (Å²) in [6.07, 6.45) is 0.945. The van der Waals surface area contributed by atoms with Crippen LogP contribution in [0.4, 0.5) is 4.79 Å². The number of nitrogens with zero attached hydrogens (tertiary/aromatic N) is 1. The van der Waals surface area contributed by atoms with Crippen molar-refractivity contribution in [3.8, 4) is 11.1 Å². The highest BCUT2D eigenvalue weighted by Crippen LogP contribution is 2.44. The second-order valence-electron chi connectivity index (χ2n) is 9.20. The molecule has 2 N–H and O–H groups in total. The fraction of sp³-hybridized carbons (Fsp3) is 0.444. The molecule has 2 aromatic rings. The summed E-state index contributed by atoms with van der Waals surface area (Å²) in [5, 5.41) is 12.4. The van der Waals surface area contributed by atoms with Gasteiger partial charge in [0.15, 0.2) is 5.60 Å². The van der Waals surface area contributed by atoms with E-state index in [0.717, 1.165) is 22.3 Å². The SMILES string of the molecule is CC[C@H](CC(=O)N1CCCC(OC)(C(=O)O)C1)NC(=O)OCC1c2ccccc2-c2ccccc21. The van der Waals surface area contributed by atoms with E-state index in [1.54, 1.807) is 0 Å². The highest BCUT2D eigenvalue weighted by Gasteiger charge is 2.44. The smallest absolute Gasteiger partial charge is 0.407 e. The van der Waals surface area contributed by atoms with E-state index in [-0.39, 0.29) is 31.4 Å². The third-order valence-corrected chi connectivity index (χ3v) is 7.17. The normalized spacial score (nSPS) is 20.0. The van der Waals surface area contributed by atoms with Crippen molar-refractivity contribution < 1.29 is 29.0 Å². The van der Waals surface area contributed by atoms with Crippen molar-refractivity contribution in [1.29, 1.82) is 0 Å². The molecule has 0 saturated carbocycles. The van der Waals surface area contributed by atoms with E-state index in [1.165, 1.54) is 12.0 Å². The number of fused-ring (bicyclic) bond motifs is 3. The van der Waals surface area contributed by atoms with Gasteiger partial charge in [-0.1, -0.05) is 55.5 Å². The zero-order chi connectivity index (χ0) is 25.0. The number of hydrogen-bond donors (Lipinski definition) is 2. The summed E-state index contributed by atoms with van der Waals surface area (Å²) in [6, 6.07) is 15.8. The van der Waals surface area contributed by atoms with Gasteiger partial charge in [-0.2, -0.15) is 0 Å². The molecule has 0 spiro atoms. The van der Waals surface area contributed by atoms with Crippen molar-refractivity contribution in [2.75, 3.05) is 26.8 Å². The lowest BCUT2D eigenvalue weighted by atomic mass is 9.92. The van der Waals surface area contributed by atoms with Crippen molar-refractivity contribution in [3.05, 3.63) is 59.7 Å². The van der Waals surface area contributed by atoms with Gasteiger partial charge in [-0.25, -0.2) is 9.59 Å². The average Bonchev–Trinajstić information content (AvgIpc) is 3.20. The molecule has 1 unspecified atom stereocenters. The van der Waals surface area contributed by atoms with Crippen LogP contribution in [0.5, 0.6) is 0 Å². The van der Waals surface area contributed by atoms with Gasteiger partial charge in [0.1, 0.15) is 6.61 Å². The molecule has 2 aromatic carbocycles. The Hall–Kier alpha value is -3.39. The number of ether oxygens (including phenoxy) is 2. The second-order valence-corrected chi connectivity index (χ2v) is 9.20. The first-order valence-corrected chi connectivity index (χ1v) is 12.1. The lowest BCUT2D eigenvalue weighted by molar-refractivity contribution is -0.171. The van der Waals surface area contributed by atoms with Crippen molar-refractivity contribution in [2.45, 2.75) is 50.2 Å². The number of methoxy groups -OCH3 is 1. The van der Waals surface area contributed by atoms with Crippen LogP contribution in [0.3, 0.4) is 0 Å². The average molecular weight is 481 g/mol. The number of alkyl carbamates (subject to hydrolysis) is 1. The van der Waals surface area contributed by atoms with Crippen LogP contribution in [0.2, 0.25) is 0 Å². The minimum atomic E-state index is -1.38. The maximum Gasteiger partial charge on any atom is 0.407 e. The van der Waals surface area contributed by atoms with Crippen molar-refractivity contribution in [2.24, 2.45) is 0 Å². The lowest BCUT2D eigenvalue weighted by Gasteiger charge is -2.39. The summed E-state index contributed by atoms with van der Waals surface area (Å²) < 4.78 is 10.9. The van der Waals surface area contributed by atoms with Crippen LogP contribution in [0.25, 0.3) is 11.1 Å². The van der Waals surface area contributed by atoms with Crippen molar-refractivity contribution >= 4 is 18.0 Å². The summed E-state index contributed by atoms with van der Waals surface area (Å²) >= 11 is 0. The summed E-state index contributed by atoms with van der Waals surface area (Å²) in [4.78, 5) is 38.8. The van der Waals surface area contributed by atoms with E-state index in [2.05, 4.69) is 29.6 Å². The quantitative estimate of drug-likeness (QED) is 0.596. The number of amides is 2. The standard InChI is InChI=1S/C27H32N2O6/c1-3-18(15-24(30)29-14-8-13-27(17-29,34-2)25(31)32)28-26(33)35-16-23-21-11-6-4-9-19(21)20-10-5-7-12-22(20)23/h4-7,9-12,18,23H,3,8,13-17H2,1-2H3,(H,28,33)(H,31,32)/t18-,27?/m1/s1. The van der Waals surface area contributed by atoms with Gasteiger partial charge in [0, 0.05) is 32.0 Å². The summed E-state index contributed by atoms with van der Waals surface area (Å²) in [7, 11) is 1.36. The number of hydrogen-bond acceptors (Lipinski definition) is 5. The zero-order valence-electron chi connectivity index (χ0n) is 20.2. The van der Waals surface area contributed by atoms with Gasteiger partial charge in [-0.3, -0.25) is 4.79 Å². The molecule has 8 heteroatoms. The molecule has 1 fully saturated rings. The Labute approximate surface area is 205 Å². The molecule has 1 aliphatic carbocycles. The largest absolute Gasteiger partial charge is 0.479 e. The van der Waals surface area contributed by atoms with Crippen LogP contribution >= 0.6 is 0 Å². The Balaban J connectivity index is 1.34. The summed E-state index contributed by atoms with van der Waals surface area (Å²) in [6.45, 7) is 2.55. The number of piperidine rings is 1. The van der Waals surface area contributed by atoms with Crippen LogP contribution in [-0.2, 0) is 19.1 Å². The number of rotatable bonds is 8. The Bertz CT molecular complexity index is 1060. The van der Waals surface area contributed by atoms with Crippen molar-refractivity contribution in [3.63, 3.8) is 0 Å². The van der Waals surface area contributed by atoms with E-state index in [0.29, 0.717) is 25.8 Å². The van der Waals surface area contributed by atoms with Gasteiger partial charge in [0.2, 0.25) is 5.91 Å². The number of benzene rings is 2. The van der Waals surface area contributed by atoms with Gasteiger partial charge in [-0.05, 0) is 41.5 Å². The summed E-state index contributed by atoms with van der Waals surface area (Å²) in [5.74, 6) is -1.32. The highest BCUT2D eigenvalue weighted by atomic mass is 16.5. The molecule has 35 heavy (non-hydrogen) atoms. The number of carbonyl (C=O) groups is 3. The molecule has 0 radical (unpaired) electrons. The maximum atomic E-state index is 12.9. The van der Waals surface area contributed by atoms with E-state index in [9.17, 15) is 19.5 Å². The molecule has 0 aromatic heterocycles. The molecule has 2 amide bonds. The first-order chi connectivity index (χ1) is 16.9. The third kappa shape index (κ3) is 5.03. The Kier molecular flexibility index (Phi) is 7.40. The van der Waals surface area contributed by atoms with Gasteiger partial charge >= 0.3 is 12.1 Å². The van der Waals surface area contributed by atoms with E-state index in [1.807, 2.05) is 31.2 Å². The molecule has 8 nitrogen and oxygen atoms in total. The molecular formula is C27H32N2O6. The highest BCUT2D eigenvalue weighted by molar-refractivity contribution is 5.82. The zero-order valence-corrected chi connectivity index (χ0v) is 20.2. The minimum Gasteiger partial charge on any atom is -0.479 e. The first kappa shape index (κ1) is 24.7. The predicted molar refractivity (Wildman–Crippen MR) is 130 cm³/mol. The minimum absolute atomic E-state index is 0.000947. The summed E-state index contributed by atoms with van der Waals surface area (Å²) in [5.41, 5.74) is 3.20. The number of carbonyl (C=O) groups excluding carboxylic acids is 2. The molecule has 1 saturated heterocycles. The lowest BCUT2D eigenvalue weighted by Crippen LogP contribution is -2.56. The van der Waals surface area contributed by atoms with Crippen LogP contribution in [0, 0.1) is 0 Å². The van der Waals surface area contributed by atoms with Gasteiger partial charge in [-0.15, -0.1) is 0 Å². The maximum absolute atomic E-state index is 12.9. The second kappa shape index (κ2) is 10.5. The number of carboxylic acids is 1. The van der Waals surface area contributed by atoms with Gasteiger partial charge in [0.25, 0.3) is 0 Å². The number of nitrogens with one attached hydrogen (secondary N) is 1. The fourth-order valence-electron chi connectivity index (χ4n) is 5.11. The molecule has 1 heterocycles. The van der Waals surface area contributed by atoms with Crippen LogP contribution in [-0.4, -0.2) is 66.4 Å². The third-order valence-electron chi connectivity index (χ3n) is 7.17. The number of likely N-dealkylation sites (tertiary alicyclic amines) is 1. The topological polar surface area (TPSA) is 105 Å². The van der Waals surface area contributed by atoms with Crippen LogP contribution in [0.15, 0.2) is 48.5 Å². The van der Waals surface area contributed by atoms with Crippen LogP contribution in [0.1, 0.15) is 49.7 Å². The van der Waals surface area contributed by atoms with Crippen LogP contribution < -0.4 is 5.32 Å².